The van der Waals surface area contributed by atoms with Crippen LogP contribution in [-0.4, -0.2) is 17.1 Å². The first kappa shape index (κ1) is 19.9. The second-order valence-corrected chi connectivity index (χ2v) is 6.01. The Morgan fingerprint density at radius 3 is 2.38 bits per heavy atom. The molecule has 140 valence electrons. The molecule has 26 heavy (non-hydrogen) atoms. The molecule has 3 nitrogen and oxygen atoms in total. The van der Waals surface area contributed by atoms with Gasteiger partial charge in [-0.05, 0) is 36.1 Å². The van der Waals surface area contributed by atoms with Crippen molar-refractivity contribution in [3.63, 3.8) is 0 Å². The van der Waals surface area contributed by atoms with Gasteiger partial charge in [-0.15, -0.1) is 0 Å². The van der Waals surface area contributed by atoms with Gasteiger partial charge in [-0.3, -0.25) is 4.79 Å². The van der Waals surface area contributed by atoms with Gasteiger partial charge in [0.2, 0.25) is 0 Å². The molecule has 2 rings (SSSR count). The lowest BCUT2D eigenvalue weighted by molar-refractivity contribution is -0.140. The van der Waals surface area contributed by atoms with Gasteiger partial charge < -0.3 is 10.4 Å². The Kier molecular flexibility index (Phi) is 6.74. The zero-order valence-corrected chi connectivity index (χ0v) is 13.9. The molecule has 0 heterocycles. The minimum atomic E-state index is -4.76. The first-order chi connectivity index (χ1) is 12.3. The third-order valence-electron chi connectivity index (χ3n) is 3.96. The summed E-state index contributed by atoms with van der Waals surface area (Å²) in [6.45, 7) is 0.0838. The van der Waals surface area contributed by atoms with Crippen molar-refractivity contribution in [3.05, 3.63) is 71.0 Å². The highest BCUT2D eigenvalue weighted by Crippen LogP contribution is 2.31. The summed E-state index contributed by atoms with van der Waals surface area (Å²) in [4.78, 5) is 10.8. The van der Waals surface area contributed by atoms with E-state index in [1.165, 1.54) is 6.07 Å². The van der Waals surface area contributed by atoms with Crippen molar-refractivity contribution in [1.82, 2.24) is 5.32 Å². The number of hydrogen-bond donors (Lipinski definition) is 2. The van der Waals surface area contributed by atoms with E-state index < -0.39 is 23.5 Å². The van der Waals surface area contributed by atoms with Gasteiger partial charge in [-0.1, -0.05) is 36.4 Å². The Bertz CT molecular complexity index is 732. The van der Waals surface area contributed by atoms with Crippen molar-refractivity contribution in [2.45, 2.75) is 38.0 Å². The van der Waals surface area contributed by atoms with E-state index in [0.717, 1.165) is 17.7 Å². The molecule has 0 saturated heterocycles. The van der Waals surface area contributed by atoms with Crippen molar-refractivity contribution in [2.24, 2.45) is 0 Å². The van der Waals surface area contributed by atoms with Gasteiger partial charge in [-0.2, -0.15) is 13.2 Å². The van der Waals surface area contributed by atoms with Crippen molar-refractivity contribution >= 4 is 5.97 Å². The topological polar surface area (TPSA) is 49.3 Å². The van der Waals surface area contributed by atoms with E-state index >= 15 is 0 Å². The van der Waals surface area contributed by atoms with Gasteiger partial charge in [0.1, 0.15) is 5.82 Å². The Morgan fingerprint density at radius 1 is 1.08 bits per heavy atom. The number of alkyl halides is 3. The fraction of sp³-hybridized carbons (Fsp3) is 0.316. The zero-order chi connectivity index (χ0) is 19.2. The van der Waals surface area contributed by atoms with Gasteiger partial charge in [0.25, 0.3) is 0 Å². The molecule has 0 saturated carbocycles. The molecule has 1 atom stereocenters. The number of benzene rings is 2. The lowest BCUT2D eigenvalue weighted by Crippen LogP contribution is -2.31. The fourth-order valence-electron chi connectivity index (χ4n) is 2.63. The lowest BCUT2D eigenvalue weighted by Gasteiger charge is -2.19. The standard InChI is InChI=1S/C19H19F4NO2/c20-17-8-6-14(11-16(17)19(21,22)23)12-24-15(7-9-18(25)26)10-13-4-2-1-3-5-13/h1-6,8,11,15,24H,7,9-10,12H2,(H,25,26). The van der Waals surface area contributed by atoms with E-state index in [4.69, 9.17) is 5.11 Å². The van der Waals surface area contributed by atoms with Crippen LogP contribution in [0.3, 0.4) is 0 Å². The Morgan fingerprint density at radius 2 is 1.77 bits per heavy atom. The molecule has 0 amide bonds. The highest BCUT2D eigenvalue weighted by atomic mass is 19.4. The van der Waals surface area contributed by atoms with Gasteiger partial charge in [0.05, 0.1) is 5.56 Å². The maximum absolute atomic E-state index is 13.4. The van der Waals surface area contributed by atoms with Gasteiger partial charge in [0, 0.05) is 19.0 Å². The number of carboxylic acids is 1. The van der Waals surface area contributed by atoms with Crippen LogP contribution in [0.1, 0.15) is 29.5 Å². The summed E-state index contributed by atoms with van der Waals surface area (Å²) in [5.41, 5.74) is -0.0282. The number of nitrogens with one attached hydrogen (secondary N) is 1. The number of aliphatic carboxylic acids is 1. The number of carboxylic acid groups (broad SMARTS) is 1. The quantitative estimate of drug-likeness (QED) is 0.678. The molecule has 0 radical (unpaired) electrons. The smallest absolute Gasteiger partial charge is 0.419 e. The van der Waals surface area contributed by atoms with Gasteiger partial charge in [0.15, 0.2) is 0 Å². The monoisotopic (exact) mass is 369 g/mol. The summed E-state index contributed by atoms with van der Waals surface area (Å²) in [5.74, 6) is -2.25. The Balaban J connectivity index is 2.07. The van der Waals surface area contributed by atoms with Crippen LogP contribution < -0.4 is 5.32 Å². The van der Waals surface area contributed by atoms with Crippen molar-refractivity contribution in [1.29, 1.82) is 0 Å². The SMILES string of the molecule is O=C(O)CCC(Cc1ccccc1)NCc1ccc(F)c(C(F)(F)F)c1. The summed E-state index contributed by atoms with van der Waals surface area (Å²) in [6.07, 6.45) is -3.94. The maximum atomic E-state index is 13.4. The summed E-state index contributed by atoms with van der Waals surface area (Å²) >= 11 is 0. The predicted octanol–water partition coefficient (Wildman–Crippen LogP) is 4.41. The average Bonchev–Trinajstić information content (AvgIpc) is 2.58. The van der Waals surface area contributed by atoms with E-state index in [9.17, 15) is 22.4 Å². The molecule has 0 fully saturated rings. The second-order valence-electron chi connectivity index (χ2n) is 6.01. The third kappa shape index (κ3) is 6.15. The highest BCUT2D eigenvalue weighted by Gasteiger charge is 2.34. The molecule has 0 aromatic heterocycles. The number of rotatable bonds is 8. The van der Waals surface area contributed by atoms with E-state index in [2.05, 4.69) is 5.32 Å². The molecule has 0 bridgehead atoms. The first-order valence-electron chi connectivity index (χ1n) is 8.10. The summed E-state index contributed by atoms with van der Waals surface area (Å²) in [7, 11) is 0. The van der Waals surface area contributed by atoms with Gasteiger partial charge >= 0.3 is 12.1 Å². The molecule has 2 aromatic carbocycles. The normalized spacial score (nSPS) is 12.8. The van der Waals surface area contributed by atoms with Gasteiger partial charge in [-0.25, -0.2) is 4.39 Å². The van der Waals surface area contributed by atoms with Crippen LogP contribution in [-0.2, 0) is 23.9 Å². The van der Waals surface area contributed by atoms with E-state index in [-0.39, 0.29) is 24.6 Å². The molecule has 2 aromatic rings. The zero-order valence-electron chi connectivity index (χ0n) is 13.9. The largest absolute Gasteiger partial charge is 0.481 e. The van der Waals surface area contributed by atoms with Crippen LogP contribution in [0.4, 0.5) is 17.6 Å². The van der Waals surface area contributed by atoms with Crippen molar-refractivity contribution in [2.75, 3.05) is 0 Å². The van der Waals surface area contributed by atoms with E-state index in [1.807, 2.05) is 30.3 Å². The molecule has 0 aliphatic carbocycles. The second kappa shape index (κ2) is 8.80. The first-order valence-corrected chi connectivity index (χ1v) is 8.10. The molecular formula is C19H19F4NO2. The molecule has 0 aliphatic rings. The van der Waals surface area contributed by atoms with Crippen LogP contribution in [0.2, 0.25) is 0 Å². The van der Waals surface area contributed by atoms with Crippen LogP contribution in [0, 0.1) is 5.82 Å². The molecule has 2 N–H and O–H groups in total. The summed E-state index contributed by atoms with van der Waals surface area (Å²) in [6, 6.07) is 12.0. The van der Waals surface area contributed by atoms with Crippen LogP contribution >= 0.6 is 0 Å². The molecule has 1 unspecified atom stereocenters. The van der Waals surface area contributed by atoms with Crippen LogP contribution in [0.25, 0.3) is 0 Å². The number of carbonyl (C=O) groups is 1. The molecule has 7 heteroatoms. The number of hydrogen-bond acceptors (Lipinski definition) is 2. The molecular weight excluding hydrogens is 350 g/mol. The summed E-state index contributed by atoms with van der Waals surface area (Å²) < 4.78 is 51.8. The fourth-order valence-corrected chi connectivity index (χ4v) is 2.63. The van der Waals surface area contributed by atoms with E-state index in [0.29, 0.717) is 12.8 Å². The highest BCUT2D eigenvalue weighted by molar-refractivity contribution is 5.66. The average molecular weight is 369 g/mol. The Labute approximate surface area is 148 Å². The minimum absolute atomic E-state index is 0.0539. The van der Waals surface area contributed by atoms with E-state index in [1.54, 1.807) is 0 Å². The summed E-state index contributed by atoms with van der Waals surface area (Å²) in [5, 5.41) is 12.0. The van der Waals surface area contributed by atoms with Crippen molar-refractivity contribution < 1.29 is 27.5 Å². The van der Waals surface area contributed by atoms with Crippen LogP contribution in [0.15, 0.2) is 48.5 Å². The van der Waals surface area contributed by atoms with Crippen molar-refractivity contribution in [3.8, 4) is 0 Å². The lowest BCUT2D eigenvalue weighted by atomic mass is 10.0. The molecule has 0 aliphatic heterocycles. The minimum Gasteiger partial charge on any atom is -0.481 e. The maximum Gasteiger partial charge on any atom is 0.419 e. The van der Waals surface area contributed by atoms with Crippen LogP contribution in [0.5, 0.6) is 0 Å². The Hall–Kier alpha value is -2.41. The predicted molar refractivity (Wildman–Crippen MR) is 89.0 cm³/mol. The molecule has 0 spiro atoms. The number of halogens is 4. The third-order valence-corrected chi connectivity index (χ3v) is 3.96.